The third-order valence-corrected chi connectivity index (χ3v) is 1.64. The van der Waals surface area contributed by atoms with Crippen LogP contribution in [0.2, 0.25) is 0 Å². The van der Waals surface area contributed by atoms with Crippen LogP contribution in [0.4, 0.5) is 9.59 Å². The largest absolute Gasteiger partial charge is 0.508 e. The predicted octanol–water partition coefficient (Wildman–Crippen LogP) is 0.0572. The van der Waals surface area contributed by atoms with Crippen molar-refractivity contribution in [1.82, 2.24) is 0 Å². The molecule has 0 saturated carbocycles. The molecule has 2 unspecified atom stereocenters. The van der Waals surface area contributed by atoms with Crippen molar-refractivity contribution in [2.45, 2.75) is 12.2 Å². The summed E-state index contributed by atoms with van der Waals surface area (Å²) < 4.78 is 18.4. The lowest BCUT2D eigenvalue weighted by molar-refractivity contribution is -0.156. The number of fused-ring (bicyclic) bond motifs is 1. The van der Waals surface area contributed by atoms with E-state index in [1.54, 1.807) is 0 Å². The molecule has 0 radical (unpaired) electrons. The van der Waals surface area contributed by atoms with Crippen molar-refractivity contribution in [2.75, 3.05) is 13.2 Å². The van der Waals surface area contributed by atoms with Crippen LogP contribution in [0.1, 0.15) is 0 Å². The monoisotopic (exact) mass is 174 g/mol. The van der Waals surface area contributed by atoms with E-state index in [1.165, 1.54) is 0 Å². The third kappa shape index (κ3) is 1.15. The Bertz CT molecular complexity index is 200. The van der Waals surface area contributed by atoms with Gasteiger partial charge in [0.25, 0.3) is 0 Å². The molecule has 6 nitrogen and oxygen atoms in total. The number of ether oxygens (including phenoxy) is 4. The Morgan fingerprint density at radius 2 is 1.33 bits per heavy atom. The van der Waals surface area contributed by atoms with Crippen molar-refractivity contribution < 1.29 is 28.5 Å². The summed E-state index contributed by atoms with van der Waals surface area (Å²) in [4.78, 5) is 21.1. The summed E-state index contributed by atoms with van der Waals surface area (Å²) in [6.07, 6.45) is -2.55. The van der Waals surface area contributed by atoms with Gasteiger partial charge in [-0.25, -0.2) is 9.59 Å². The summed E-state index contributed by atoms with van der Waals surface area (Å²) in [5.74, 6) is 0. The van der Waals surface area contributed by atoms with Crippen molar-refractivity contribution >= 4 is 12.3 Å². The van der Waals surface area contributed by atoms with E-state index in [0.717, 1.165) is 0 Å². The lowest BCUT2D eigenvalue weighted by atomic mass is 10.2. The van der Waals surface area contributed by atoms with Gasteiger partial charge in [-0.1, -0.05) is 0 Å². The predicted molar refractivity (Wildman–Crippen MR) is 32.4 cm³/mol. The SMILES string of the molecule is O=C1OCC2OC(=O)OCC2O1. The molecule has 2 heterocycles. The van der Waals surface area contributed by atoms with Crippen LogP contribution in [-0.4, -0.2) is 37.7 Å². The van der Waals surface area contributed by atoms with E-state index >= 15 is 0 Å². The van der Waals surface area contributed by atoms with E-state index in [-0.39, 0.29) is 13.2 Å². The van der Waals surface area contributed by atoms with E-state index in [2.05, 4.69) is 18.9 Å². The maximum Gasteiger partial charge on any atom is 0.508 e. The summed E-state index contributed by atoms with van der Waals surface area (Å²) in [5, 5.41) is 0. The topological polar surface area (TPSA) is 71.1 Å². The summed E-state index contributed by atoms with van der Waals surface area (Å²) in [7, 11) is 0. The van der Waals surface area contributed by atoms with Gasteiger partial charge in [-0.15, -0.1) is 0 Å². The van der Waals surface area contributed by atoms with Gasteiger partial charge in [-0.2, -0.15) is 0 Å². The smallest absolute Gasteiger partial charge is 0.430 e. The van der Waals surface area contributed by atoms with Gasteiger partial charge in [-0.05, 0) is 0 Å². The van der Waals surface area contributed by atoms with Crippen molar-refractivity contribution in [3.05, 3.63) is 0 Å². The molecule has 0 aromatic rings. The van der Waals surface area contributed by atoms with Crippen molar-refractivity contribution in [2.24, 2.45) is 0 Å². The molecular formula is C6H6O6. The van der Waals surface area contributed by atoms with E-state index in [1.807, 2.05) is 0 Å². The van der Waals surface area contributed by atoms with Gasteiger partial charge in [0.2, 0.25) is 0 Å². The second-order valence-electron chi connectivity index (χ2n) is 2.43. The van der Waals surface area contributed by atoms with Gasteiger partial charge in [0, 0.05) is 0 Å². The fourth-order valence-corrected chi connectivity index (χ4v) is 1.05. The molecule has 0 spiro atoms. The van der Waals surface area contributed by atoms with Gasteiger partial charge in [0.1, 0.15) is 13.2 Å². The molecule has 2 saturated heterocycles. The highest BCUT2D eigenvalue weighted by Crippen LogP contribution is 2.17. The number of hydrogen-bond acceptors (Lipinski definition) is 6. The minimum absolute atomic E-state index is 0.0403. The molecule has 2 atom stereocenters. The molecule has 12 heavy (non-hydrogen) atoms. The average molecular weight is 174 g/mol. The van der Waals surface area contributed by atoms with Crippen LogP contribution in [-0.2, 0) is 18.9 Å². The Hall–Kier alpha value is -1.46. The van der Waals surface area contributed by atoms with E-state index in [4.69, 9.17) is 0 Å². The molecule has 2 fully saturated rings. The zero-order chi connectivity index (χ0) is 8.55. The van der Waals surface area contributed by atoms with Crippen LogP contribution in [0.3, 0.4) is 0 Å². The Kier molecular flexibility index (Phi) is 1.53. The minimum Gasteiger partial charge on any atom is -0.430 e. The second-order valence-corrected chi connectivity index (χ2v) is 2.43. The number of carbonyl (C=O) groups excluding carboxylic acids is 2. The normalized spacial score (nSPS) is 33.7. The third-order valence-electron chi connectivity index (χ3n) is 1.64. The highest BCUT2D eigenvalue weighted by molar-refractivity contribution is 5.64. The maximum atomic E-state index is 10.6. The van der Waals surface area contributed by atoms with Crippen LogP contribution in [0.15, 0.2) is 0 Å². The Morgan fingerprint density at radius 3 is 1.75 bits per heavy atom. The summed E-state index contributed by atoms with van der Waals surface area (Å²) in [6.45, 7) is 0.0806. The number of cyclic esters (lactones) is 2. The first-order valence-electron chi connectivity index (χ1n) is 3.42. The van der Waals surface area contributed by atoms with Crippen LogP contribution in [0.25, 0.3) is 0 Å². The van der Waals surface area contributed by atoms with Crippen LogP contribution in [0, 0.1) is 0 Å². The minimum atomic E-state index is -0.752. The quantitative estimate of drug-likeness (QED) is 0.483. The Morgan fingerprint density at radius 1 is 0.917 bits per heavy atom. The summed E-state index contributed by atoms with van der Waals surface area (Å²) in [5.41, 5.74) is 0. The van der Waals surface area contributed by atoms with Gasteiger partial charge in [0.15, 0.2) is 12.2 Å². The Balaban J connectivity index is 2.02. The van der Waals surface area contributed by atoms with E-state index < -0.39 is 24.5 Å². The highest BCUT2D eigenvalue weighted by atomic mass is 16.8. The molecule has 0 aromatic carbocycles. The first-order valence-corrected chi connectivity index (χ1v) is 3.42. The molecule has 2 rings (SSSR count). The van der Waals surface area contributed by atoms with E-state index in [0.29, 0.717) is 0 Å². The molecule has 66 valence electrons. The summed E-state index contributed by atoms with van der Waals surface area (Å²) >= 11 is 0. The van der Waals surface area contributed by atoms with Crippen LogP contribution >= 0.6 is 0 Å². The van der Waals surface area contributed by atoms with Crippen LogP contribution < -0.4 is 0 Å². The molecule has 2 aliphatic rings. The molecule has 2 aliphatic heterocycles. The van der Waals surface area contributed by atoms with Crippen molar-refractivity contribution in [3.63, 3.8) is 0 Å². The molecule has 0 bridgehead atoms. The van der Waals surface area contributed by atoms with Gasteiger partial charge < -0.3 is 18.9 Å². The first kappa shape index (κ1) is 7.20. The standard InChI is InChI=1S/C6H6O6/c7-5-9-1-3-4(12-5)2-10-6(8)11-3/h3-4H,1-2H2. The number of carbonyl (C=O) groups is 2. The lowest BCUT2D eigenvalue weighted by Gasteiger charge is -2.32. The van der Waals surface area contributed by atoms with Gasteiger partial charge in [-0.3, -0.25) is 0 Å². The second kappa shape index (κ2) is 2.54. The zero-order valence-corrected chi connectivity index (χ0v) is 6.02. The molecular weight excluding hydrogens is 168 g/mol. The lowest BCUT2D eigenvalue weighted by Crippen LogP contribution is -2.50. The first-order chi connectivity index (χ1) is 5.75. The number of hydrogen-bond donors (Lipinski definition) is 0. The molecule has 0 aromatic heterocycles. The average Bonchev–Trinajstić information content (AvgIpc) is 2.05. The maximum absolute atomic E-state index is 10.6. The fourth-order valence-electron chi connectivity index (χ4n) is 1.05. The van der Waals surface area contributed by atoms with E-state index in [9.17, 15) is 9.59 Å². The molecule has 0 amide bonds. The van der Waals surface area contributed by atoms with Crippen LogP contribution in [0.5, 0.6) is 0 Å². The Labute approximate surface area is 67.3 Å². The molecule has 6 heteroatoms. The van der Waals surface area contributed by atoms with Gasteiger partial charge in [0.05, 0.1) is 0 Å². The molecule has 0 aliphatic carbocycles. The highest BCUT2D eigenvalue weighted by Gasteiger charge is 2.39. The van der Waals surface area contributed by atoms with Gasteiger partial charge >= 0.3 is 12.3 Å². The summed E-state index contributed by atoms with van der Waals surface area (Å²) in [6, 6.07) is 0. The number of rotatable bonds is 0. The zero-order valence-electron chi connectivity index (χ0n) is 6.02. The van der Waals surface area contributed by atoms with Crippen molar-refractivity contribution in [1.29, 1.82) is 0 Å². The fraction of sp³-hybridized carbons (Fsp3) is 0.667. The van der Waals surface area contributed by atoms with Crippen molar-refractivity contribution in [3.8, 4) is 0 Å². The molecule has 0 N–H and O–H groups in total.